The van der Waals surface area contributed by atoms with Crippen molar-refractivity contribution in [2.24, 2.45) is 5.92 Å². The molecule has 0 aliphatic carbocycles. The number of aliphatic hydroxyl groups excluding tert-OH is 1. The molecule has 0 unspecified atom stereocenters. The fourth-order valence-corrected chi connectivity index (χ4v) is 2.97. The van der Waals surface area contributed by atoms with Crippen LogP contribution in [-0.4, -0.2) is 32.2 Å². The molecular formula is C20H25NO4. The highest BCUT2D eigenvalue weighted by molar-refractivity contribution is 5.55. The van der Waals surface area contributed by atoms with E-state index >= 15 is 0 Å². The smallest absolute Gasteiger partial charge is 0.231 e. The zero-order chi connectivity index (χ0) is 17.6. The SMILES string of the molecule is COc1cc(CNC[C@H](CO)Cc2ccc(C)cc2)cc2c1OCO2. The van der Waals surface area contributed by atoms with Crippen LogP contribution in [0.15, 0.2) is 36.4 Å². The quantitative estimate of drug-likeness (QED) is 0.772. The number of hydrogen-bond donors (Lipinski definition) is 2. The van der Waals surface area contributed by atoms with Crippen LogP contribution in [-0.2, 0) is 13.0 Å². The summed E-state index contributed by atoms with van der Waals surface area (Å²) in [5.41, 5.74) is 3.56. The van der Waals surface area contributed by atoms with Gasteiger partial charge in [-0.25, -0.2) is 0 Å². The van der Waals surface area contributed by atoms with Gasteiger partial charge in [-0.05, 0) is 42.5 Å². The average molecular weight is 343 g/mol. The second-order valence-corrected chi connectivity index (χ2v) is 6.40. The van der Waals surface area contributed by atoms with Crippen LogP contribution in [0.2, 0.25) is 0 Å². The van der Waals surface area contributed by atoms with E-state index in [1.807, 2.05) is 12.1 Å². The zero-order valence-electron chi connectivity index (χ0n) is 14.7. The summed E-state index contributed by atoms with van der Waals surface area (Å²) in [7, 11) is 1.62. The zero-order valence-corrected chi connectivity index (χ0v) is 14.7. The summed E-state index contributed by atoms with van der Waals surface area (Å²) in [6, 6.07) is 12.4. The molecule has 1 aliphatic heterocycles. The van der Waals surface area contributed by atoms with Gasteiger partial charge in [-0.2, -0.15) is 0 Å². The van der Waals surface area contributed by atoms with E-state index in [0.29, 0.717) is 18.0 Å². The van der Waals surface area contributed by atoms with Gasteiger partial charge in [0.15, 0.2) is 11.5 Å². The van der Waals surface area contributed by atoms with E-state index in [9.17, 15) is 5.11 Å². The van der Waals surface area contributed by atoms with Gasteiger partial charge < -0.3 is 24.6 Å². The Hall–Kier alpha value is -2.24. The minimum atomic E-state index is 0.158. The molecule has 2 aromatic rings. The Morgan fingerprint density at radius 3 is 2.68 bits per heavy atom. The Morgan fingerprint density at radius 2 is 1.96 bits per heavy atom. The predicted molar refractivity (Wildman–Crippen MR) is 96.3 cm³/mol. The Kier molecular flexibility index (Phi) is 5.79. The van der Waals surface area contributed by atoms with Gasteiger partial charge in [-0.15, -0.1) is 0 Å². The molecule has 0 spiro atoms. The molecule has 5 heteroatoms. The van der Waals surface area contributed by atoms with Crippen molar-refractivity contribution in [2.45, 2.75) is 19.9 Å². The first kappa shape index (κ1) is 17.6. The van der Waals surface area contributed by atoms with Crippen LogP contribution in [0.1, 0.15) is 16.7 Å². The van der Waals surface area contributed by atoms with E-state index in [1.54, 1.807) is 7.11 Å². The van der Waals surface area contributed by atoms with E-state index in [1.165, 1.54) is 11.1 Å². The first-order valence-electron chi connectivity index (χ1n) is 8.53. The van der Waals surface area contributed by atoms with Gasteiger partial charge in [-0.3, -0.25) is 0 Å². The van der Waals surface area contributed by atoms with Crippen LogP contribution in [0.5, 0.6) is 17.2 Å². The molecule has 1 atom stereocenters. The first-order chi connectivity index (χ1) is 12.2. The fourth-order valence-electron chi connectivity index (χ4n) is 2.97. The summed E-state index contributed by atoms with van der Waals surface area (Å²) in [5, 5.41) is 13.1. The molecule has 25 heavy (non-hydrogen) atoms. The van der Waals surface area contributed by atoms with E-state index in [0.717, 1.165) is 24.3 Å². The second kappa shape index (κ2) is 8.23. The van der Waals surface area contributed by atoms with Crippen LogP contribution in [0.3, 0.4) is 0 Å². The van der Waals surface area contributed by atoms with Crippen LogP contribution >= 0.6 is 0 Å². The molecule has 0 radical (unpaired) electrons. The van der Waals surface area contributed by atoms with Gasteiger partial charge in [0.25, 0.3) is 0 Å². The largest absolute Gasteiger partial charge is 0.493 e. The number of nitrogens with one attached hydrogen (secondary N) is 1. The lowest BCUT2D eigenvalue weighted by Gasteiger charge is -2.16. The summed E-state index contributed by atoms with van der Waals surface area (Å²) in [6.45, 7) is 3.88. The minimum Gasteiger partial charge on any atom is -0.493 e. The van der Waals surface area contributed by atoms with Crippen LogP contribution < -0.4 is 19.5 Å². The minimum absolute atomic E-state index is 0.158. The number of benzene rings is 2. The number of methoxy groups -OCH3 is 1. The number of aliphatic hydroxyl groups is 1. The van der Waals surface area contributed by atoms with Gasteiger partial charge >= 0.3 is 0 Å². The highest BCUT2D eigenvalue weighted by atomic mass is 16.7. The number of hydrogen-bond acceptors (Lipinski definition) is 5. The topological polar surface area (TPSA) is 60.0 Å². The first-order valence-corrected chi connectivity index (χ1v) is 8.53. The lowest BCUT2D eigenvalue weighted by molar-refractivity contribution is 0.171. The van der Waals surface area contributed by atoms with Crippen molar-refractivity contribution in [3.05, 3.63) is 53.1 Å². The third kappa shape index (κ3) is 4.44. The van der Waals surface area contributed by atoms with E-state index in [-0.39, 0.29) is 19.3 Å². The molecule has 1 heterocycles. The van der Waals surface area contributed by atoms with Crippen LogP contribution in [0.4, 0.5) is 0 Å². The molecule has 0 aromatic heterocycles. The van der Waals surface area contributed by atoms with Crippen molar-refractivity contribution in [1.82, 2.24) is 5.32 Å². The Morgan fingerprint density at radius 1 is 1.16 bits per heavy atom. The predicted octanol–water partition coefficient (Wildman–Crippen LogP) is 2.67. The normalized spacial score (nSPS) is 13.7. The molecular weight excluding hydrogens is 318 g/mol. The molecule has 0 bridgehead atoms. The maximum absolute atomic E-state index is 9.65. The number of ether oxygens (including phenoxy) is 3. The molecule has 134 valence electrons. The summed E-state index contributed by atoms with van der Waals surface area (Å²) in [5.74, 6) is 2.25. The fraction of sp³-hybridized carbons (Fsp3) is 0.400. The van der Waals surface area contributed by atoms with Crippen molar-refractivity contribution < 1.29 is 19.3 Å². The van der Waals surface area contributed by atoms with Gasteiger partial charge in [0.2, 0.25) is 12.5 Å². The molecule has 0 saturated heterocycles. The number of fused-ring (bicyclic) bond motifs is 1. The number of rotatable bonds is 8. The van der Waals surface area contributed by atoms with Crippen LogP contribution in [0, 0.1) is 12.8 Å². The Bertz CT molecular complexity index is 700. The maximum atomic E-state index is 9.65. The van der Waals surface area contributed by atoms with Crippen molar-refractivity contribution in [3.8, 4) is 17.2 Å². The third-order valence-electron chi connectivity index (χ3n) is 4.38. The monoisotopic (exact) mass is 343 g/mol. The molecule has 0 fully saturated rings. The van der Waals surface area contributed by atoms with Crippen molar-refractivity contribution in [1.29, 1.82) is 0 Å². The summed E-state index contributed by atoms with van der Waals surface area (Å²) >= 11 is 0. The molecule has 0 amide bonds. The highest BCUT2D eigenvalue weighted by Gasteiger charge is 2.20. The summed E-state index contributed by atoms with van der Waals surface area (Å²) in [4.78, 5) is 0. The maximum Gasteiger partial charge on any atom is 0.231 e. The third-order valence-corrected chi connectivity index (χ3v) is 4.38. The molecule has 1 aliphatic rings. The van der Waals surface area contributed by atoms with Crippen LogP contribution in [0.25, 0.3) is 0 Å². The van der Waals surface area contributed by atoms with Crippen molar-refractivity contribution in [2.75, 3.05) is 27.1 Å². The molecule has 3 rings (SSSR count). The summed E-state index contributed by atoms with van der Waals surface area (Å²) in [6.07, 6.45) is 0.855. The van der Waals surface area contributed by atoms with E-state index < -0.39 is 0 Å². The lowest BCUT2D eigenvalue weighted by Crippen LogP contribution is -2.26. The summed E-state index contributed by atoms with van der Waals surface area (Å²) < 4.78 is 16.2. The van der Waals surface area contributed by atoms with Gasteiger partial charge in [-0.1, -0.05) is 29.8 Å². The van der Waals surface area contributed by atoms with E-state index in [4.69, 9.17) is 14.2 Å². The van der Waals surface area contributed by atoms with Gasteiger partial charge in [0, 0.05) is 19.7 Å². The van der Waals surface area contributed by atoms with Gasteiger partial charge in [0.1, 0.15) is 0 Å². The second-order valence-electron chi connectivity index (χ2n) is 6.40. The van der Waals surface area contributed by atoms with E-state index in [2.05, 4.69) is 36.5 Å². The molecule has 2 N–H and O–H groups in total. The highest BCUT2D eigenvalue weighted by Crippen LogP contribution is 2.41. The van der Waals surface area contributed by atoms with Gasteiger partial charge in [0.05, 0.1) is 7.11 Å². The molecule has 5 nitrogen and oxygen atoms in total. The molecule has 2 aromatic carbocycles. The lowest BCUT2D eigenvalue weighted by atomic mass is 9.99. The average Bonchev–Trinajstić information content (AvgIpc) is 3.10. The van der Waals surface area contributed by atoms with Crippen molar-refractivity contribution in [3.63, 3.8) is 0 Å². The standard InChI is InChI=1S/C20H25NO4/c1-14-3-5-15(6-4-14)7-17(12-22)11-21-10-16-8-18(23-2)20-19(9-16)24-13-25-20/h3-6,8-9,17,21-22H,7,10-13H2,1-2H3/t17-/m1/s1. The molecule has 0 saturated carbocycles. The Labute approximate surface area is 148 Å². The Balaban J connectivity index is 1.55. The van der Waals surface area contributed by atoms with Crippen molar-refractivity contribution >= 4 is 0 Å². The number of aryl methyl sites for hydroxylation is 1.